The van der Waals surface area contributed by atoms with E-state index in [2.05, 4.69) is 9.97 Å². The van der Waals surface area contributed by atoms with E-state index in [1.807, 2.05) is 11.9 Å². The number of aromatic nitrogens is 2. The zero-order valence-corrected chi connectivity index (χ0v) is 8.12. The van der Waals surface area contributed by atoms with Crippen LogP contribution in [-0.2, 0) is 4.74 Å². The van der Waals surface area contributed by atoms with Gasteiger partial charge < -0.3 is 15.4 Å². The van der Waals surface area contributed by atoms with Crippen LogP contribution in [0.3, 0.4) is 0 Å². The first-order chi connectivity index (χ1) is 7.18. The Morgan fingerprint density at radius 3 is 2.80 bits per heavy atom. The second-order valence-corrected chi connectivity index (χ2v) is 3.13. The Balaban J connectivity index is 2.20. The first-order valence-electron chi connectivity index (χ1n) is 4.34. The van der Waals surface area contributed by atoms with Gasteiger partial charge >= 0.3 is 0 Å². The number of nitrogens with zero attached hydrogens (tertiary/aromatic N) is 3. The third-order valence-corrected chi connectivity index (χ3v) is 2.05. The van der Waals surface area contributed by atoms with Crippen molar-refractivity contribution in [1.82, 2.24) is 14.9 Å². The number of amides is 1. The van der Waals surface area contributed by atoms with E-state index in [1.165, 1.54) is 12.4 Å². The molecular formula is C9H10N4O2. The lowest BCUT2D eigenvalue weighted by molar-refractivity contribution is 0.0685. The second-order valence-electron chi connectivity index (χ2n) is 3.13. The van der Waals surface area contributed by atoms with Crippen molar-refractivity contribution in [3.63, 3.8) is 0 Å². The number of nitrogens with two attached hydrogens (primary N) is 1. The molecule has 6 nitrogen and oxygen atoms in total. The summed E-state index contributed by atoms with van der Waals surface area (Å²) < 4.78 is 5.28. The number of hydrogen-bond acceptors (Lipinski definition) is 5. The first kappa shape index (κ1) is 9.45. The van der Waals surface area contributed by atoms with E-state index in [-0.39, 0.29) is 11.9 Å². The van der Waals surface area contributed by atoms with Gasteiger partial charge in [0.1, 0.15) is 17.6 Å². The summed E-state index contributed by atoms with van der Waals surface area (Å²) in [5.41, 5.74) is 5.83. The SMILES string of the molecule is CN1C=COC1c1cnc(C(N)=O)cn1. The quantitative estimate of drug-likeness (QED) is 0.737. The van der Waals surface area contributed by atoms with Crippen molar-refractivity contribution in [3.8, 4) is 0 Å². The minimum absolute atomic E-state index is 0.146. The number of hydrogen-bond donors (Lipinski definition) is 1. The van der Waals surface area contributed by atoms with Gasteiger partial charge in [-0.15, -0.1) is 0 Å². The van der Waals surface area contributed by atoms with E-state index in [1.54, 1.807) is 12.5 Å². The van der Waals surface area contributed by atoms with Gasteiger partial charge in [-0.1, -0.05) is 0 Å². The number of primary amides is 1. The summed E-state index contributed by atoms with van der Waals surface area (Å²) in [7, 11) is 1.86. The minimum Gasteiger partial charge on any atom is -0.471 e. The molecule has 1 aliphatic rings. The van der Waals surface area contributed by atoms with Crippen LogP contribution >= 0.6 is 0 Å². The van der Waals surface area contributed by atoms with Crippen LogP contribution in [0.2, 0.25) is 0 Å². The predicted molar refractivity (Wildman–Crippen MR) is 51.3 cm³/mol. The lowest BCUT2D eigenvalue weighted by Crippen LogP contribution is -2.19. The highest BCUT2D eigenvalue weighted by Gasteiger charge is 2.21. The average molecular weight is 206 g/mol. The molecule has 1 aliphatic heterocycles. The van der Waals surface area contributed by atoms with Gasteiger partial charge in [-0.25, -0.2) is 4.98 Å². The molecule has 78 valence electrons. The molecule has 1 atom stereocenters. The van der Waals surface area contributed by atoms with Gasteiger partial charge in [-0.05, 0) is 0 Å². The number of rotatable bonds is 2. The monoisotopic (exact) mass is 206 g/mol. The third-order valence-electron chi connectivity index (χ3n) is 2.05. The van der Waals surface area contributed by atoms with Crippen LogP contribution < -0.4 is 5.73 Å². The highest BCUT2D eigenvalue weighted by molar-refractivity contribution is 5.90. The molecule has 2 N–H and O–H groups in total. The molecule has 1 amide bonds. The Labute approximate surface area is 86.4 Å². The maximum atomic E-state index is 10.8. The molecule has 6 heteroatoms. The van der Waals surface area contributed by atoms with Crippen LogP contribution in [0, 0.1) is 0 Å². The maximum Gasteiger partial charge on any atom is 0.268 e. The van der Waals surface area contributed by atoms with Crippen LogP contribution in [0.5, 0.6) is 0 Å². The Kier molecular flexibility index (Phi) is 2.24. The van der Waals surface area contributed by atoms with E-state index in [9.17, 15) is 4.79 Å². The van der Waals surface area contributed by atoms with Crippen molar-refractivity contribution in [3.05, 3.63) is 36.2 Å². The van der Waals surface area contributed by atoms with Gasteiger partial charge in [0.25, 0.3) is 5.91 Å². The summed E-state index contributed by atoms with van der Waals surface area (Å²) in [5.74, 6) is -0.590. The highest BCUT2D eigenvalue weighted by atomic mass is 16.5. The molecule has 2 rings (SSSR count). The Morgan fingerprint density at radius 1 is 1.53 bits per heavy atom. The van der Waals surface area contributed by atoms with Crippen molar-refractivity contribution >= 4 is 5.91 Å². The largest absolute Gasteiger partial charge is 0.471 e. The molecule has 1 aromatic heterocycles. The average Bonchev–Trinajstić information content (AvgIpc) is 2.65. The van der Waals surface area contributed by atoms with Gasteiger partial charge in [0, 0.05) is 13.2 Å². The normalized spacial score (nSPS) is 19.0. The minimum atomic E-state index is -0.590. The Hall–Kier alpha value is -2.11. The first-order valence-corrected chi connectivity index (χ1v) is 4.34. The van der Waals surface area contributed by atoms with Crippen LogP contribution in [0.25, 0.3) is 0 Å². The molecule has 0 fully saturated rings. The fourth-order valence-electron chi connectivity index (χ4n) is 1.25. The van der Waals surface area contributed by atoms with Crippen molar-refractivity contribution in [1.29, 1.82) is 0 Å². The molecule has 2 heterocycles. The van der Waals surface area contributed by atoms with Crippen molar-refractivity contribution in [2.45, 2.75) is 6.23 Å². The van der Waals surface area contributed by atoms with Crippen molar-refractivity contribution in [2.24, 2.45) is 5.73 Å². The Bertz CT molecular complexity index is 401. The van der Waals surface area contributed by atoms with Crippen molar-refractivity contribution in [2.75, 3.05) is 7.05 Å². The van der Waals surface area contributed by atoms with Gasteiger partial charge in [0.15, 0.2) is 0 Å². The van der Waals surface area contributed by atoms with Gasteiger partial charge in [0.05, 0.1) is 12.4 Å². The van der Waals surface area contributed by atoms with Crippen LogP contribution in [-0.4, -0.2) is 27.8 Å². The van der Waals surface area contributed by atoms with Crippen LogP contribution in [0.1, 0.15) is 22.4 Å². The van der Waals surface area contributed by atoms with Crippen LogP contribution in [0.4, 0.5) is 0 Å². The highest BCUT2D eigenvalue weighted by Crippen LogP contribution is 2.23. The van der Waals surface area contributed by atoms with E-state index in [0.717, 1.165) is 0 Å². The molecule has 15 heavy (non-hydrogen) atoms. The molecule has 1 unspecified atom stereocenters. The maximum absolute atomic E-state index is 10.8. The second kappa shape index (κ2) is 3.56. The molecule has 0 saturated carbocycles. The summed E-state index contributed by atoms with van der Waals surface area (Å²) in [6.45, 7) is 0. The zero-order chi connectivity index (χ0) is 10.8. The lowest BCUT2D eigenvalue weighted by atomic mass is 10.3. The predicted octanol–water partition coefficient (Wildman–Crippen LogP) is 0.00730. The molecule has 1 aromatic rings. The summed E-state index contributed by atoms with van der Waals surface area (Å²) in [4.78, 5) is 20.6. The zero-order valence-electron chi connectivity index (χ0n) is 8.12. The van der Waals surface area contributed by atoms with Crippen molar-refractivity contribution < 1.29 is 9.53 Å². The summed E-state index contributed by atoms with van der Waals surface area (Å²) in [6, 6.07) is 0. The third kappa shape index (κ3) is 1.74. The number of carbonyl (C=O) groups is 1. The van der Waals surface area contributed by atoms with Gasteiger partial charge in [-0.2, -0.15) is 0 Å². The number of ether oxygens (including phenoxy) is 1. The molecular weight excluding hydrogens is 196 g/mol. The molecule has 0 radical (unpaired) electrons. The molecule has 0 spiro atoms. The van der Waals surface area contributed by atoms with E-state index in [4.69, 9.17) is 10.5 Å². The van der Waals surface area contributed by atoms with Crippen LogP contribution in [0.15, 0.2) is 24.9 Å². The van der Waals surface area contributed by atoms with Gasteiger partial charge in [-0.3, -0.25) is 9.78 Å². The summed E-state index contributed by atoms with van der Waals surface area (Å²) >= 11 is 0. The molecule has 0 aliphatic carbocycles. The molecule has 0 saturated heterocycles. The van der Waals surface area contributed by atoms with E-state index >= 15 is 0 Å². The topological polar surface area (TPSA) is 81.3 Å². The lowest BCUT2D eigenvalue weighted by Gasteiger charge is -2.18. The fourth-order valence-corrected chi connectivity index (χ4v) is 1.25. The standard InChI is InChI=1S/C9H10N4O2/c1-13-2-3-15-9(13)7-5-11-6(4-12-7)8(10)14/h2-5,9H,1H3,(H2,10,14). The van der Waals surface area contributed by atoms with E-state index in [0.29, 0.717) is 5.69 Å². The summed E-state index contributed by atoms with van der Waals surface area (Å²) in [5, 5.41) is 0. The fraction of sp³-hybridized carbons (Fsp3) is 0.222. The molecule has 0 bridgehead atoms. The number of carbonyl (C=O) groups excluding carboxylic acids is 1. The van der Waals surface area contributed by atoms with Gasteiger partial charge in [0.2, 0.25) is 6.23 Å². The summed E-state index contributed by atoms with van der Waals surface area (Å²) in [6.07, 6.45) is 5.91. The van der Waals surface area contributed by atoms with E-state index < -0.39 is 5.91 Å². The smallest absolute Gasteiger partial charge is 0.268 e. The Morgan fingerprint density at radius 2 is 2.33 bits per heavy atom. The molecule has 0 aromatic carbocycles.